The van der Waals surface area contributed by atoms with Gasteiger partial charge in [0.1, 0.15) is 0 Å². The van der Waals surface area contributed by atoms with Crippen molar-refractivity contribution in [1.82, 2.24) is 0 Å². The highest BCUT2D eigenvalue weighted by Crippen LogP contribution is 2.20. The van der Waals surface area contributed by atoms with Crippen molar-refractivity contribution in [2.75, 3.05) is 5.75 Å². The summed E-state index contributed by atoms with van der Waals surface area (Å²) in [5, 5.41) is 11.6. The zero-order valence-electron chi connectivity index (χ0n) is 13.2. The molecule has 2 nitrogen and oxygen atoms in total. The molecule has 0 saturated heterocycles. The van der Waals surface area contributed by atoms with E-state index in [1.807, 2.05) is 23.9 Å². The van der Waals surface area contributed by atoms with E-state index in [9.17, 15) is 5.21 Å². The van der Waals surface area contributed by atoms with Crippen molar-refractivity contribution in [3.8, 4) is 0 Å². The highest BCUT2D eigenvalue weighted by molar-refractivity contribution is 7.99. The summed E-state index contributed by atoms with van der Waals surface area (Å²) in [5.41, 5.74) is 0. The van der Waals surface area contributed by atoms with E-state index in [-0.39, 0.29) is 0 Å². The molecule has 0 aliphatic carbocycles. The molecule has 0 fully saturated rings. The lowest BCUT2D eigenvalue weighted by Crippen LogP contribution is -2.26. The standard InChI is InChI=1S/C17H29NOS2/c1-2-3-4-5-6-7-8-9-10-11-14-21-16-12-13-18(19)17(20)15-16/h12-13,15,20H,2-11,14H2,1H3. The summed E-state index contributed by atoms with van der Waals surface area (Å²) in [6.07, 6.45) is 15.3. The normalized spacial score (nSPS) is 11.0. The number of aromatic nitrogens is 1. The van der Waals surface area contributed by atoms with Gasteiger partial charge in [-0.05, 0) is 12.2 Å². The van der Waals surface area contributed by atoms with Crippen LogP contribution in [0.4, 0.5) is 0 Å². The van der Waals surface area contributed by atoms with E-state index >= 15 is 0 Å². The average Bonchev–Trinajstić information content (AvgIpc) is 2.48. The largest absolute Gasteiger partial charge is 0.618 e. The van der Waals surface area contributed by atoms with Crippen LogP contribution in [-0.4, -0.2) is 5.75 Å². The summed E-state index contributed by atoms with van der Waals surface area (Å²) in [7, 11) is 0. The fourth-order valence-corrected chi connectivity index (χ4v) is 3.56. The molecule has 1 rings (SSSR count). The summed E-state index contributed by atoms with van der Waals surface area (Å²) in [6, 6.07) is 3.71. The van der Waals surface area contributed by atoms with E-state index in [0.717, 1.165) is 15.4 Å². The van der Waals surface area contributed by atoms with Gasteiger partial charge in [0, 0.05) is 17.0 Å². The predicted molar refractivity (Wildman–Crippen MR) is 95.2 cm³/mol. The maximum Gasteiger partial charge on any atom is 0.249 e. The van der Waals surface area contributed by atoms with Gasteiger partial charge in [0.15, 0.2) is 6.20 Å². The van der Waals surface area contributed by atoms with Crippen LogP contribution in [0, 0.1) is 5.21 Å². The van der Waals surface area contributed by atoms with Gasteiger partial charge in [0.05, 0.1) is 0 Å². The van der Waals surface area contributed by atoms with E-state index in [1.165, 1.54) is 70.4 Å². The van der Waals surface area contributed by atoms with Gasteiger partial charge >= 0.3 is 0 Å². The number of hydrogen-bond donors (Lipinski definition) is 1. The van der Waals surface area contributed by atoms with Crippen LogP contribution in [0.25, 0.3) is 0 Å². The number of pyridine rings is 1. The van der Waals surface area contributed by atoms with Crippen LogP contribution in [-0.2, 0) is 0 Å². The van der Waals surface area contributed by atoms with Crippen LogP contribution in [0.2, 0.25) is 0 Å². The van der Waals surface area contributed by atoms with E-state index in [1.54, 1.807) is 0 Å². The Morgan fingerprint density at radius 3 is 2.14 bits per heavy atom. The number of hydrogen-bond acceptors (Lipinski definition) is 3. The van der Waals surface area contributed by atoms with Crippen molar-refractivity contribution in [3.05, 3.63) is 23.5 Å². The zero-order chi connectivity index (χ0) is 15.3. The molecule has 0 saturated carbocycles. The average molecular weight is 328 g/mol. The number of thiol groups is 1. The van der Waals surface area contributed by atoms with E-state index < -0.39 is 0 Å². The minimum Gasteiger partial charge on any atom is -0.618 e. The van der Waals surface area contributed by atoms with Crippen molar-refractivity contribution >= 4 is 24.4 Å². The lowest BCUT2D eigenvalue weighted by Gasteiger charge is -2.04. The molecule has 120 valence electrons. The summed E-state index contributed by atoms with van der Waals surface area (Å²) in [6.45, 7) is 2.27. The number of thioether (sulfide) groups is 1. The monoisotopic (exact) mass is 327 g/mol. The Morgan fingerprint density at radius 1 is 1.00 bits per heavy atom. The number of rotatable bonds is 12. The molecule has 0 radical (unpaired) electrons. The molecule has 0 bridgehead atoms. The molecule has 0 aromatic carbocycles. The summed E-state index contributed by atoms with van der Waals surface area (Å²) < 4.78 is 0.785. The molecular formula is C17H29NOS2. The van der Waals surface area contributed by atoms with Gasteiger partial charge < -0.3 is 5.21 Å². The van der Waals surface area contributed by atoms with Gasteiger partial charge in [-0.1, -0.05) is 77.3 Å². The second-order valence-corrected chi connectivity index (χ2v) is 7.20. The Bertz CT molecular complexity index is 385. The van der Waals surface area contributed by atoms with Crippen LogP contribution in [0.5, 0.6) is 0 Å². The SMILES string of the molecule is CCCCCCCCCCCCSc1cc[n+]([O-])c(S)c1. The maximum absolute atomic E-state index is 11.2. The second kappa shape index (κ2) is 12.2. The molecular weight excluding hydrogens is 298 g/mol. The highest BCUT2D eigenvalue weighted by atomic mass is 32.2. The molecule has 21 heavy (non-hydrogen) atoms. The Balaban J connectivity index is 1.91. The van der Waals surface area contributed by atoms with Crippen molar-refractivity contribution < 1.29 is 4.73 Å². The van der Waals surface area contributed by atoms with E-state index in [2.05, 4.69) is 19.6 Å². The third-order valence-corrected chi connectivity index (χ3v) is 5.04. The maximum atomic E-state index is 11.2. The molecule has 0 aliphatic rings. The third kappa shape index (κ3) is 9.30. The van der Waals surface area contributed by atoms with Crippen molar-refractivity contribution in [2.45, 2.75) is 81.1 Å². The quantitative estimate of drug-likeness (QED) is 0.177. The van der Waals surface area contributed by atoms with Gasteiger partial charge in [-0.15, -0.1) is 11.8 Å². The topological polar surface area (TPSA) is 26.9 Å². The third-order valence-electron chi connectivity index (χ3n) is 3.64. The Labute approximate surface area is 139 Å². The van der Waals surface area contributed by atoms with Crippen LogP contribution >= 0.6 is 24.4 Å². The Hall–Kier alpha value is -0.350. The molecule has 0 amide bonds. The molecule has 1 aromatic heterocycles. The fraction of sp³-hybridized carbons (Fsp3) is 0.706. The fourth-order valence-electron chi connectivity index (χ4n) is 2.33. The van der Waals surface area contributed by atoms with Crippen LogP contribution in [0.15, 0.2) is 28.3 Å². The zero-order valence-corrected chi connectivity index (χ0v) is 14.9. The van der Waals surface area contributed by atoms with Gasteiger partial charge in [-0.3, -0.25) is 0 Å². The first-order chi connectivity index (χ1) is 10.2. The Kier molecular flexibility index (Phi) is 10.9. The molecule has 4 heteroatoms. The van der Waals surface area contributed by atoms with Crippen LogP contribution in [0.1, 0.15) is 71.1 Å². The first-order valence-electron chi connectivity index (χ1n) is 8.29. The number of nitrogens with zero attached hydrogens (tertiary/aromatic N) is 1. The van der Waals surface area contributed by atoms with Gasteiger partial charge in [-0.25, -0.2) is 0 Å². The first-order valence-corrected chi connectivity index (χ1v) is 9.72. The van der Waals surface area contributed by atoms with Gasteiger partial charge in [0.25, 0.3) is 0 Å². The predicted octanol–water partition coefficient (Wildman–Crippen LogP) is 5.62. The van der Waals surface area contributed by atoms with Crippen LogP contribution < -0.4 is 4.73 Å². The van der Waals surface area contributed by atoms with Crippen molar-refractivity contribution in [2.24, 2.45) is 0 Å². The molecule has 0 atom stereocenters. The smallest absolute Gasteiger partial charge is 0.249 e. The molecule has 0 spiro atoms. The lowest BCUT2D eigenvalue weighted by molar-refractivity contribution is -0.645. The van der Waals surface area contributed by atoms with E-state index in [0.29, 0.717) is 5.03 Å². The molecule has 0 aliphatic heterocycles. The first kappa shape index (κ1) is 18.7. The molecule has 0 unspecified atom stereocenters. The summed E-state index contributed by atoms with van der Waals surface area (Å²) in [5.74, 6) is 1.13. The minimum absolute atomic E-state index is 0.475. The molecule has 0 N–H and O–H groups in total. The lowest BCUT2D eigenvalue weighted by atomic mass is 10.1. The minimum atomic E-state index is 0.475. The Morgan fingerprint density at radius 2 is 1.57 bits per heavy atom. The van der Waals surface area contributed by atoms with E-state index in [4.69, 9.17) is 0 Å². The van der Waals surface area contributed by atoms with Gasteiger partial charge in [-0.2, -0.15) is 4.73 Å². The second-order valence-electron chi connectivity index (χ2n) is 5.58. The summed E-state index contributed by atoms with van der Waals surface area (Å²) in [4.78, 5) is 1.14. The number of unbranched alkanes of at least 4 members (excludes halogenated alkanes) is 9. The molecule has 1 heterocycles. The van der Waals surface area contributed by atoms with Crippen molar-refractivity contribution in [3.63, 3.8) is 0 Å². The molecule has 1 aromatic rings. The van der Waals surface area contributed by atoms with Crippen LogP contribution in [0.3, 0.4) is 0 Å². The van der Waals surface area contributed by atoms with Crippen molar-refractivity contribution in [1.29, 1.82) is 0 Å². The van der Waals surface area contributed by atoms with Gasteiger partial charge in [0.2, 0.25) is 5.03 Å². The summed E-state index contributed by atoms with van der Waals surface area (Å²) >= 11 is 5.96. The highest BCUT2D eigenvalue weighted by Gasteiger charge is 2.02.